The second-order valence-electron chi connectivity index (χ2n) is 9.69. The lowest BCUT2D eigenvalue weighted by atomic mass is 9.96. The highest BCUT2D eigenvalue weighted by atomic mass is 32.2. The number of nitrogens with zero attached hydrogens (tertiary/aromatic N) is 2. The van der Waals surface area contributed by atoms with E-state index in [-0.39, 0.29) is 11.4 Å². The minimum absolute atomic E-state index is 0.217. The normalized spacial score (nSPS) is 13.5. The molecule has 1 aromatic heterocycles. The highest BCUT2D eigenvalue weighted by molar-refractivity contribution is 7.92. The summed E-state index contributed by atoms with van der Waals surface area (Å²) in [5.41, 5.74) is 6.33. The summed E-state index contributed by atoms with van der Waals surface area (Å²) in [5, 5.41) is 0.831. The summed E-state index contributed by atoms with van der Waals surface area (Å²) in [5.74, 6) is 0.333. The van der Waals surface area contributed by atoms with E-state index in [1.54, 1.807) is 16.4 Å². The van der Waals surface area contributed by atoms with Crippen LogP contribution in [0.5, 0.6) is 0 Å². The largest absolute Gasteiger partial charge is 0.264 e. The van der Waals surface area contributed by atoms with Crippen molar-refractivity contribution in [2.24, 2.45) is 0 Å². The number of sulfonamides is 1. The lowest BCUT2D eigenvalue weighted by molar-refractivity contribution is 0.590. The maximum Gasteiger partial charge on any atom is 0.264 e. The number of anilines is 1. The molecule has 6 rings (SSSR count). The van der Waals surface area contributed by atoms with Crippen LogP contribution in [0.3, 0.4) is 0 Å². The lowest BCUT2D eigenvalue weighted by Crippen LogP contribution is -2.31. The Kier molecular flexibility index (Phi) is 6.01. The molecule has 1 heterocycles. The molecule has 1 saturated carbocycles. The average molecular weight is 505 g/mol. The summed E-state index contributed by atoms with van der Waals surface area (Å²) in [4.78, 5) is 5.39. The smallest absolute Gasteiger partial charge is 0.261 e. The molecule has 5 aromatic rings. The Morgan fingerprint density at radius 1 is 0.784 bits per heavy atom. The summed E-state index contributed by atoms with van der Waals surface area (Å²) in [6, 6.07) is 34.9. The molecule has 1 fully saturated rings. The van der Waals surface area contributed by atoms with Gasteiger partial charge < -0.3 is 0 Å². The van der Waals surface area contributed by atoms with Crippen molar-refractivity contribution in [3.05, 3.63) is 126 Å². The molecular formula is C32H28N2O2S. The number of rotatable bonds is 7. The minimum Gasteiger partial charge on any atom is -0.261 e. The van der Waals surface area contributed by atoms with E-state index in [1.165, 1.54) is 0 Å². The molecule has 5 heteroatoms. The average Bonchev–Trinajstić information content (AvgIpc) is 3.78. The summed E-state index contributed by atoms with van der Waals surface area (Å²) in [6.45, 7) is 2.18. The van der Waals surface area contributed by atoms with E-state index >= 15 is 0 Å². The number of aryl methyl sites for hydroxylation is 1. The van der Waals surface area contributed by atoms with Crippen LogP contribution in [0.1, 0.15) is 35.6 Å². The third kappa shape index (κ3) is 4.51. The Morgan fingerprint density at radius 3 is 2.08 bits per heavy atom. The molecule has 0 N–H and O–H groups in total. The second kappa shape index (κ2) is 9.49. The first kappa shape index (κ1) is 23.4. The first-order valence-corrected chi connectivity index (χ1v) is 14.1. The van der Waals surface area contributed by atoms with Crippen molar-refractivity contribution in [3.8, 4) is 11.1 Å². The zero-order valence-corrected chi connectivity index (χ0v) is 21.5. The lowest BCUT2D eigenvalue weighted by Gasteiger charge is -2.29. The van der Waals surface area contributed by atoms with Gasteiger partial charge in [-0.3, -0.25) is 9.29 Å². The van der Waals surface area contributed by atoms with Crippen molar-refractivity contribution in [2.75, 3.05) is 4.31 Å². The second-order valence-corrected chi connectivity index (χ2v) is 11.6. The molecule has 37 heavy (non-hydrogen) atoms. The van der Waals surface area contributed by atoms with Gasteiger partial charge in [0.1, 0.15) is 0 Å². The number of fused-ring (bicyclic) bond motifs is 1. The number of benzene rings is 4. The topological polar surface area (TPSA) is 50.3 Å². The van der Waals surface area contributed by atoms with Gasteiger partial charge in [-0.1, -0.05) is 96.6 Å². The third-order valence-electron chi connectivity index (χ3n) is 6.95. The Morgan fingerprint density at radius 2 is 1.41 bits per heavy atom. The van der Waals surface area contributed by atoms with E-state index in [0.717, 1.165) is 51.7 Å². The monoisotopic (exact) mass is 504 g/mol. The Hall–Kier alpha value is -3.96. The third-order valence-corrected chi connectivity index (χ3v) is 8.71. The van der Waals surface area contributed by atoms with Crippen LogP contribution in [0, 0.1) is 6.92 Å². The van der Waals surface area contributed by atoms with Gasteiger partial charge in [-0.2, -0.15) is 0 Å². The van der Waals surface area contributed by atoms with E-state index in [2.05, 4.69) is 12.1 Å². The highest BCUT2D eigenvalue weighted by Crippen LogP contribution is 2.49. The first-order chi connectivity index (χ1) is 18.0. The number of hydrogen-bond donors (Lipinski definition) is 0. The van der Waals surface area contributed by atoms with E-state index in [1.807, 2.05) is 91.9 Å². The van der Waals surface area contributed by atoms with Crippen LogP contribution < -0.4 is 4.31 Å². The maximum atomic E-state index is 14.5. The molecule has 1 aliphatic rings. The fraction of sp³-hybridized carbons (Fsp3) is 0.156. The molecule has 0 aliphatic heterocycles. The molecule has 0 bridgehead atoms. The van der Waals surface area contributed by atoms with Crippen molar-refractivity contribution in [1.29, 1.82) is 0 Å². The van der Waals surface area contributed by atoms with Crippen LogP contribution in [0.2, 0.25) is 0 Å². The fourth-order valence-corrected chi connectivity index (χ4v) is 6.37. The van der Waals surface area contributed by atoms with Gasteiger partial charge >= 0.3 is 0 Å². The SMILES string of the molecule is Cc1ccc(S(=O)(=O)N(Cc2ccccc2)c2c(-c3ccccc3)c(C3CC3)nc3ccccc23)cc1. The summed E-state index contributed by atoms with van der Waals surface area (Å²) >= 11 is 0. The molecule has 0 atom stereocenters. The quantitative estimate of drug-likeness (QED) is 0.231. The summed E-state index contributed by atoms with van der Waals surface area (Å²) < 4.78 is 30.6. The number of hydrogen-bond acceptors (Lipinski definition) is 3. The number of para-hydroxylation sites is 1. The predicted octanol–water partition coefficient (Wildman–Crippen LogP) is 7.48. The van der Waals surface area contributed by atoms with Crippen LogP contribution in [0.4, 0.5) is 5.69 Å². The van der Waals surface area contributed by atoms with Crippen molar-refractivity contribution in [1.82, 2.24) is 4.98 Å². The van der Waals surface area contributed by atoms with Gasteiger partial charge in [-0.05, 0) is 49.1 Å². The van der Waals surface area contributed by atoms with Crippen LogP contribution >= 0.6 is 0 Å². The molecule has 0 radical (unpaired) electrons. The Balaban J connectivity index is 1.69. The molecule has 1 aliphatic carbocycles. The van der Waals surface area contributed by atoms with Gasteiger partial charge in [0.25, 0.3) is 10.0 Å². The van der Waals surface area contributed by atoms with Crippen molar-refractivity contribution >= 4 is 26.6 Å². The van der Waals surface area contributed by atoms with E-state index in [4.69, 9.17) is 4.98 Å². The first-order valence-electron chi connectivity index (χ1n) is 12.6. The standard InChI is InChI=1S/C32H28N2O2S/c1-23-16-20-27(21-17-23)37(35,36)34(22-24-10-4-2-5-11-24)32-28-14-8-9-15-29(28)33-31(26-18-19-26)30(32)25-12-6-3-7-13-25/h2-17,20-21,26H,18-19,22H2,1H3. The Bertz CT molecular complexity index is 1660. The highest BCUT2D eigenvalue weighted by Gasteiger charge is 2.35. The molecule has 4 aromatic carbocycles. The number of pyridine rings is 1. The van der Waals surface area contributed by atoms with Gasteiger partial charge in [-0.15, -0.1) is 0 Å². The number of aromatic nitrogens is 1. The van der Waals surface area contributed by atoms with Crippen LogP contribution in [-0.2, 0) is 16.6 Å². The maximum absolute atomic E-state index is 14.5. The van der Waals surface area contributed by atoms with Crippen LogP contribution in [-0.4, -0.2) is 13.4 Å². The molecule has 184 valence electrons. The minimum atomic E-state index is -3.91. The molecule has 0 unspecified atom stereocenters. The van der Waals surface area contributed by atoms with E-state index < -0.39 is 10.0 Å². The van der Waals surface area contributed by atoms with Crippen LogP contribution in [0.15, 0.2) is 114 Å². The Labute approximate surface area is 218 Å². The van der Waals surface area contributed by atoms with Crippen molar-refractivity contribution in [3.63, 3.8) is 0 Å². The van der Waals surface area contributed by atoms with E-state index in [0.29, 0.717) is 11.6 Å². The zero-order chi connectivity index (χ0) is 25.4. The van der Waals surface area contributed by atoms with Gasteiger partial charge in [0.05, 0.1) is 28.3 Å². The van der Waals surface area contributed by atoms with Crippen molar-refractivity contribution < 1.29 is 8.42 Å². The molecule has 0 saturated heterocycles. The summed E-state index contributed by atoms with van der Waals surface area (Å²) in [7, 11) is -3.91. The zero-order valence-electron chi connectivity index (χ0n) is 20.7. The van der Waals surface area contributed by atoms with Gasteiger partial charge in [-0.25, -0.2) is 8.42 Å². The molecule has 4 nitrogen and oxygen atoms in total. The van der Waals surface area contributed by atoms with E-state index in [9.17, 15) is 8.42 Å². The van der Waals surface area contributed by atoms with Crippen LogP contribution in [0.25, 0.3) is 22.0 Å². The predicted molar refractivity (Wildman–Crippen MR) is 150 cm³/mol. The molecule has 0 amide bonds. The fourth-order valence-electron chi connectivity index (χ4n) is 4.88. The van der Waals surface area contributed by atoms with Gasteiger partial charge in [0.2, 0.25) is 0 Å². The molecular weight excluding hydrogens is 476 g/mol. The summed E-state index contributed by atoms with van der Waals surface area (Å²) in [6.07, 6.45) is 2.13. The van der Waals surface area contributed by atoms with Gasteiger partial charge in [0, 0.05) is 16.9 Å². The van der Waals surface area contributed by atoms with Crippen molar-refractivity contribution in [2.45, 2.75) is 37.1 Å². The van der Waals surface area contributed by atoms with Gasteiger partial charge in [0.15, 0.2) is 0 Å². The molecule has 0 spiro atoms.